The van der Waals surface area contributed by atoms with E-state index in [0.29, 0.717) is 30.5 Å². The average molecular weight is 770 g/mol. The number of rotatable bonds is 12. The van der Waals surface area contributed by atoms with Crippen molar-refractivity contribution in [3.8, 4) is 0 Å². The minimum absolute atomic E-state index is 0.0944. The van der Waals surface area contributed by atoms with Gasteiger partial charge in [0.05, 0.1) is 24.0 Å². The van der Waals surface area contributed by atoms with Gasteiger partial charge in [0.2, 0.25) is 21.8 Å². The van der Waals surface area contributed by atoms with Crippen molar-refractivity contribution in [3.05, 3.63) is 65.0 Å². The van der Waals surface area contributed by atoms with Crippen molar-refractivity contribution in [2.45, 2.75) is 109 Å². The van der Waals surface area contributed by atoms with Crippen LogP contribution < -0.4 is 15.4 Å². The molecule has 14 nitrogen and oxygen atoms in total. The van der Waals surface area contributed by atoms with E-state index >= 15 is 0 Å². The molecule has 16 heteroatoms. The monoisotopic (exact) mass is 769 g/mol. The second-order valence-corrected chi connectivity index (χ2v) is 17.7. The van der Waals surface area contributed by atoms with Crippen molar-refractivity contribution in [3.63, 3.8) is 0 Å². The Morgan fingerprint density at radius 3 is 2.39 bits per heavy atom. The highest BCUT2D eigenvalue weighted by Crippen LogP contribution is 2.47. The predicted octanol–water partition coefficient (Wildman–Crippen LogP) is 3.84. The van der Waals surface area contributed by atoms with Gasteiger partial charge >= 0.3 is 12.1 Å². The number of hydrogen-bond acceptors (Lipinski definition) is 10. The van der Waals surface area contributed by atoms with Gasteiger partial charge in [0.1, 0.15) is 29.5 Å². The number of amides is 4. The van der Waals surface area contributed by atoms with Gasteiger partial charge in [-0.3, -0.25) is 24.0 Å². The van der Waals surface area contributed by atoms with Crippen LogP contribution in [0.3, 0.4) is 0 Å². The number of sulfonamides is 1. The largest absolute Gasteiger partial charge is 0.462 e. The lowest BCUT2D eigenvalue weighted by atomic mass is 9.85. The van der Waals surface area contributed by atoms with Gasteiger partial charge in [0.25, 0.3) is 5.91 Å². The van der Waals surface area contributed by atoms with Crippen LogP contribution in [-0.4, -0.2) is 90.1 Å². The van der Waals surface area contributed by atoms with Crippen LogP contribution in [0.15, 0.2) is 42.5 Å². The van der Waals surface area contributed by atoms with Gasteiger partial charge in [0.15, 0.2) is 0 Å². The first-order chi connectivity index (χ1) is 25.4. The summed E-state index contributed by atoms with van der Waals surface area (Å²) >= 11 is 0. The van der Waals surface area contributed by atoms with Crippen LogP contribution in [0.4, 0.5) is 14.9 Å². The molecule has 1 saturated heterocycles. The van der Waals surface area contributed by atoms with Crippen molar-refractivity contribution in [1.82, 2.24) is 19.8 Å². The quantitative estimate of drug-likeness (QED) is 0.269. The molecule has 4 amide bonds. The number of esters is 1. The number of ether oxygens (including phenoxy) is 2. The molecule has 4 aliphatic rings. The minimum Gasteiger partial charge on any atom is -0.462 e. The third-order valence-corrected chi connectivity index (χ3v) is 12.4. The zero-order valence-corrected chi connectivity index (χ0v) is 32.0. The number of likely N-dealkylation sites (tertiary alicyclic amines) is 1. The summed E-state index contributed by atoms with van der Waals surface area (Å²) in [5.74, 6) is -3.26. The first-order valence-corrected chi connectivity index (χ1v) is 20.0. The number of hydrogen-bond donors (Lipinski definition) is 3. The van der Waals surface area contributed by atoms with E-state index in [4.69, 9.17) is 9.47 Å². The maximum absolute atomic E-state index is 14.7. The van der Waals surface area contributed by atoms with Gasteiger partial charge in [-0.25, -0.2) is 22.4 Å². The first kappa shape index (κ1) is 39.0. The van der Waals surface area contributed by atoms with Crippen molar-refractivity contribution in [2.75, 3.05) is 18.5 Å². The number of carbonyl (C=O) groups excluding carboxylic acids is 5. The van der Waals surface area contributed by atoms with Crippen LogP contribution in [0.2, 0.25) is 0 Å². The number of nitrogens with one attached hydrogen (secondary N) is 3. The van der Waals surface area contributed by atoms with Crippen molar-refractivity contribution >= 4 is 45.5 Å². The molecular weight excluding hydrogens is 722 g/mol. The SMILES string of the molecule is CCOC(=O)c1cccc(N[C@H](C(=O)N2C[C@H](OC(=O)N3Cc4ccc(F)cc4C3)C[C@H]2C(=O)N[C@]2(C(=O)NS(=O)(=O)C3CC3)C[C@H]2CC)C(C)(C)C)c1. The molecule has 2 heterocycles. The van der Waals surface area contributed by atoms with Crippen molar-refractivity contribution < 1.29 is 46.3 Å². The summed E-state index contributed by atoms with van der Waals surface area (Å²) < 4.78 is 52.5. The minimum atomic E-state index is -3.90. The van der Waals surface area contributed by atoms with E-state index in [-0.39, 0.29) is 50.6 Å². The van der Waals surface area contributed by atoms with Crippen LogP contribution in [0, 0.1) is 17.2 Å². The van der Waals surface area contributed by atoms with Gasteiger partial charge in [0, 0.05) is 25.2 Å². The molecule has 0 aromatic heterocycles. The third-order valence-electron chi connectivity index (χ3n) is 10.6. The molecule has 6 rings (SSSR count). The number of halogens is 1. The Kier molecular flexibility index (Phi) is 10.7. The number of carbonyl (C=O) groups is 5. The van der Waals surface area contributed by atoms with E-state index in [1.807, 2.05) is 27.7 Å². The standard InChI is InChI=1S/C38H48FN5O9S/c1-6-25-18-38(25,35(48)42-54(50,51)29-13-14-29)41-32(45)30-17-28(53-36(49)43-19-23-11-12-26(39)15-24(23)20-43)21-44(30)33(46)31(37(3,4)5)40-27-10-8-9-22(16-27)34(47)52-7-2/h8-12,15-16,25,28-31,40H,6-7,13-14,17-21H2,1-5H3,(H,41,45)(H,42,48)/t25-,28-,30+,31-,38-/m1/s1. The highest BCUT2D eigenvalue weighted by Gasteiger charge is 2.62. The third kappa shape index (κ3) is 8.17. The topological polar surface area (TPSA) is 181 Å². The second-order valence-electron chi connectivity index (χ2n) is 15.7. The molecule has 2 aromatic rings. The molecule has 2 aromatic carbocycles. The molecule has 5 atom stereocenters. The fourth-order valence-corrected chi connectivity index (χ4v) is 8.68. The van der Waals surface area contributed by atoms with Crippen LogP contribution in [0.1, 0.15) is 88.2 Å². The van der Waals surface area contributed by atoms with Gasteiger partial charge < -0.3 is 25.0 Å². The van der Waals surface area contributed by atoms with E-state index in [9.17, 15) is 36.8 Å². The van der Waals surface area contributed by atoms with Gasteiger partial charge in [-0.05, 0) is 79.0 Å². The Labute approximate surface area is 314 Å². The molecule has 292 valence electrons. The maximum atomic E-state index is 14.7. The Morgan fingerprint density at radius 2 is 1.74 bits per heavy atom. The molecule has 0 spiro atoms. The van der Waals surface area contributed by atoms with Crippen LogP contribution in [0.5, 0.6) is 0 Å². The zero-order valence-electron chi connectivity index (χ0n) is 31.1. The molecule has 0 unspecified atom stereocenters. The molecule has 0 radical (unpaired) electrons. The number of fused-ring (bicyclic) bond motifs is 1. The molecule has 54 heavy (non-hydrogen) atoms. The Hall–Kier alpha value is -4.73. The summed E-state index contributed by atoms with van der Waals surface area (Å²) in [6, 6.07) is 8.66. The fourth-order valence-electron chi connectivity index (χ4n) is 7.31. The summed E-state index contributed by atoms with van der Waals surface area (Å²) in [6.07, 6.45) is -0.0906. The fraction of sp³-hybridized carbons (Fsp3) is 0.553. The predicted molar refractivity (Wildman–Crippen MR) is 195 cm³/mol. The lowest BCUT2D eigenvalue weighted by Gasteiger charge is -2.36. The van der Waals surface area contributed by atoms with E-state index in [1.165, 1.54) is 21.9 Å². The van der Waals surface area contributed by atoms with E-state index < -0.39 is 80.0 Å². The molecule has 0 bridgehead atoms. The van der Waals surface area contributed by atoms with E-state index in [0.717, 1.165) is 5.56 Å². The zero-order chi connectivity index (χ0) is 39.2. The molecule has 3 fully saturated rings. The van der Waals surface area contributed by atoms with Gasteiger partial charge in [-0.1, -0.05) is 46.2 Å². The normalized spacial score (nSPS) is 23.9. The number of benzene rings is 2. The molecule has 2 aliphatic heterocycles. The van der Waals surface area contributed by atoms with Crippen LogP contribution in [0.25, 0.3) is 0 Å². The highest BCUT2D eigenvalue weighted by molar-refractivity contribution is 7.91. The van der Waals surface area contributed by atoms with Gasteiger partial charge in [-0.2, -0.15) is 0 Å². The summed E-state index contributed by atoms with van der Waals surface area (Å²) in [7, 11) is -3.90. The summed E-state index contributed by atoms with van der Waals surface area (Å²) in [6.45, 7) is 9.41. The first-order valence-electron chi connectivity index (χ1n) is 18.4. The molecule has 2 aliphatic carbocycles. The van der Waals surface area contributed by atoms with E-state index in [2.05, 4.69) is 15.4 Å². The van der Waals surface area contributed by atoms with Crippen LogP contribution >= 0.6 is 0 Å². The highest BCUT2D eigenvalue weighted by atomic mass is 32.2. The molecule has 2 saturated carbocycles. The lowest BCUT2D eigenvalue weighted by Crippen LogP contribution is -2.58. The average Bonchev–Trinajstić information content (AvgIpc) is 4.01. The second kappa shape index (κ2) is 14.8. The summed E-state index contributed by atoms with van der Waals surface area (Å²) in [4.78, 5) is 71.1. The van der Waals surface area contributed by atoms with Gasteiger partial charge in [-0.15, -0.1) is 0 Å². The maximum Gasteiger partial charge on any atom is 0.410 e. The van der Waals surface area contributed by atoms with Crippen molar-refractivity contribution in [1.29, 1.82) is 0 Å². The summed E-state index contributed by atoms with van der Waals surface area (Å²) in [5, 5.41) is 5.41. The lowest BCUT2D eigenvalue weighted by molar-refractivity contribution is -0.141. The Bertz CT molecular complexity index is 1950. The smallest absolute Gasteiger partial charge is 0.410 e. The van der Waals surface area contributed by atoms with E-state index in [1.54, 1.807) is 37.3 Å². The number of anilines is 1. The Morgan fingerprint density at radius 1 is 1.02 bits per heavy atom. The van der Waals surface area contributed by atoms with Crippen LogP contribution in [-0.2, 0) is 47.0 Å². The Balaban J connectivity index is 1.25. The molecular formula is C38H48FN5O9S. The van der Waals surface area contributed by atoms with Crippen molar-refractivity contribution in [2.24, 2.45) is 11.3 Å². The molecule has 3 N–H and O–H groups in total. The number of nitrogens with zero attached hydrogens (tertiary/aromatic N) is 2. The summed E-state index contributed by atoms with van der Waals surface area (Å²) in [5.41, 5.74) is -0.0586.